The maximum atomic E-state index is 9.28. The summed E-state index contributed by atoms with van der Waals surface area (Å²) < 4.78 is 0. The zero-order valence-electron chi connectivity index (χ0n) is 11.0. The molecule has 0 spiro atoms. The van der Waals surface area contributed by atoms with Gasteiger partial charge in [0, 0.05) is 31.3 Å². The molecular formula is C14H23NO. The van der Waals surface area contributed by atoms with Gasteiger partial charge in [-0.25, -0.2) is 0 Å². The number of hydrogen-bond acceptors (Lipinski definition) is 2. The van der Waals surface area contributed by atoms with Crippen LogP contribution in [0.5, 0.6) is 0 Å². The molecule has 0 saturated carbocycles. The van der Waals surface area contributed by atoms with Crippen molar-refractivity contribution in [2.24, 2.45) is 5.41 Å². The Hall–Kier alpha value is -1.02. The predicted octanol–water partition coefficient (Wildman–Crippen LogP) is 2.76. The average molecular weight is 221 g/mol. The summed E-state index contributed by atoms with van der Waals surface area (Å²) >= 11 is 0. The van der Waals surface area contributed by atoms with E-state index >= 15 is 0 Å². The van der Waals surface area contributed by atoms with Crippen molar-refractivity contribution in [2.75, 3.05) is 25.1 Å². The van der Waals surface area contributed by atoms with E-state index in [4.69, 9.17) is 0 Å². The molecule has 0 fully saturated rings. The summed E-state index contributed by atoms with van der Waals surface area (Å²) in [6, 6.07) is 6.47. The van der Waals surface area contributed by atoms with Crippen LogP contribution in [-0.4, -0.2) is 25.3 Å². The highest BCUT2D eigenvalue weighted by atomic mass is 16.3. The van der Waals surface area contributed by atoms with Crippen LogP contribution in [0.15, 0.2) is 18.2 Å². The molecule has 0 aliphatic heterocycles. The van der Waals surface area contributed by atoms with E-state index < -0.39 is 0 Å². The fraction of sp³-hybridized carbons (Fsp3) is 0.571. The third-order valence-electron chi connectivity index (χ3n) is 2.86. The molecule has 1 aromatic carbocycles. The van der Waals surface area contributed by atoms with Crippen LogP contribution in [0.2, 0.25) is 0 Å². The second-order valence-corrected chi connectivity index (χ2v) is 5.47. The summed E-state index contributed by atoms with van der Waals surface area (Å²) in [5, 5.41) is 9.28. The first-order valence-corrected chi connectivity index (χ1v) is 5.75. The van der Waals surface area contributed by atoms with Crippen molar-refractivity contribution in [1.29, 1.82) is 0 Å². The standard InChI is InChI=1S/C14H23NO/c1-11-6-7-13(12(2)8-11)15(5)9-14(3,4)10-16/h6-8,16H,9-10H2,1-5H3. The molecule has 90 valence electrons. The Kier molecular flexibility index (Phi) is 3.98. The lowest BCUT2D eigenvalue weighted by molar-refractivity contribution is 0.165. The first-order chi connectivity index (χ1) is 7.35. The van der Waals surface area contributed by atoms with E-state index in [0.29, 0.717) is 0 Å². The van der Waals surface area contributed by atoms with Crippen molar-refractivity contribution in [1.82, 2.24) is 0 Å². The summed E-state index contributed by atoms with van der Waals surface area (Å²) in [5.74, 6) is 0. The van der Waals surface area contributed by atoms with Crippen LogP contribution in [0.25, 0.3) is 0 Å². The fourth-order valence-corrected chi connectivity index (χ4v) is 2.01. The molecule has 0 unspecified atom stereocenters. The highest BCUT2D eigenvalue weighted by molar-refractivity contribution is 5.53. The average Bonchev–Trinajstić information content (AvgIpc) is 2.16. The smallest absolute Gasteiger partial charge is 0.0499 e. The van der Waals surface area contributed by atoms with Crippen molar-refractivity contribution in [2.45, 2.75) is 27.7 Å². The fourth-order valence-electron chi connectivity index (χ4n) is 2.01. The van der Waals surface area contributed by atoms with E-state index in [2.05, 4.69) is 57.8 Å². The van der Waals surface area contributed by atoms with Gasteiger partial charge in [-0.3, -0.25) is 0 Å². The Morgan fingerprint density at radius 2 is 1.88 bits per heavy atom. The molecule has 0 aliphatic rings. The van der Waals surface area contributed by atoms with Crippen LogP contribution in [0.4, 0.5) is 5.69 Å². The lowest BCUT2D eigenvalue weighted by atomic mass is 9.94. The van der Waals surface area contributed by atoms with Crippen LogP contribution in [0.3, 0.4) is 0 Å². The quantitative estimate of drug-likeness (QED) is 0.845. The Morgan fingerprint density at radius 1 is 1.25 bits per heavy atom. The van der Waals surface area contributed by atoms with Gasteiger partial charge in [0.25, 0.3) is 0 Å². The molecule has 0 saturated heterocycles. The summed E-state index contributed by atoms with van der Waals surface area (Å²) in [7, 11) is 2.08. The molecule has 1 N–H and O–H groups in total. The molecule has 2 heteroatoms. The van der Waals surface area contributed by atoms with Crippen molar-refractivity contribution in [3.8, 4) is 0 Å². The van der Waals surface area contributed by atoms with Crippen LogP contribution in [0.1, 0.15) is 25.0 Å². The van der Waals surface area contributed by atoms with Gasteiger partial charge in [0.1, 0.15) is 0 Å². The van der Waals surface area contributed by atoms with Gasteiger partial charge in [0.15, 0.2) is 0 Å². The van der Waals surface area contributed by atoms with E-state index in [0.717, 1.165) is 6.54 Å². The van der Waals surface area contributed by atoms with Gasteiger partial charge >= 0.3 is 0 Å². The minimum absolute atomic E-state index is 0.0634. The van der Waals surface area contributed by atoms with Gasteiger partial charge in [0.05, 0.1) is 0 Å². The number of aryl methyl sites for hydroxylation is 2. The molecule has 1 aromatic rings. The minimum atomic E-state index is -0.0634. The van der Waals surface area contributed by atoms with Crippen molar-refractivity contribution in [3.63, 3.8) is 0 Å². The molecular weight excluding hydrogens is 198 g/mol. The Balaban J connectivity index is 2.84. The van der Waals surface area contributed by atoms with Crippen LogP contribution in [0, 0.1) is 19.3 Å². The SMILES string of the molecule is Cc1ccc(N(C)CC(C)(C)CO)c(C)c1. The molecule has 0 aliphatic carbocycles. The molecule has 0 atom stereocenters. The lowest BCUT2D eigenvalue weighted by Crippen LogP contribution is -2.34. The summed E-state index contributed by atoms with van der Waals surface area (Å²) in [6.45, 7) is 9.45. The lowest BCUT2D eigenvalue weighted by Gasteiger charge is -2.31. The second-order valence-electron chi connectivity index (χ2n) is 5.47. The molecule has 2 nitrogen and oxygen atoms in total. The molecule has 16 heavy (non-hydrogen) atoms. The maximum Gasteiger partial charge on any atom is 0.0499 e. The monoisotopic (exact) mass is 221 g/mol. The first-order valence-electron chi connectivity index (χ1n) is 5.75. The number of aliphatic hydroxyl groups excluding tert-OH is 1. The molecule has 0 amide bonds. The van der Waals surface area contributed by atoms with Gasteiger partial charge in [-0.15, -0.1) is 0 Å². The van der Waals surface area contributed by atoms with E-state index in [1.54, 1.807) is 0 Å². The van der Waals surface area contributed by atoms with Gasteiger partial charge in [-0.1, -0.05) is 31.5 Å². The largest absolute Gasteiger partial charge is 0.396 e. The number of benzene rings is 1. The number of aliphatic hydroxyl groups is 1. The zero-order valence-corrected chi connectivity index (χ0v) is 11.0. The Labute approximate surface area is 98.9 Å². The highest BCUT2D eigenvalue weighted by Crippen LogP contribution is 2.24. The summed E-state index contributed by atoms with van der Waals surface area (Å²) in [6.07, 6.45) is 0. The molecule has 1 rings (SSSR count). The molecule has 0 bridgehead atoms. The minimum Gasteiger partial charge on any atom is -0.396 e. The van der Waals surface area contributed by atoms with Crippen LogP contribution in [-0.2, 0) is 0 Å². The second kappa shape index (κ2) is 4.88. The maximum absolute atomic E-state index is 9.28. The van der Waals surface area contributed by atoms with E-state index in [9.17, 15) is 5.11 Å². The van der Waals surface area contributed by atoms with Gasteiger partial charge in [-0.2, -0.15) is 0 Å². The van der Waals surface area contributed by atoms with Crippen LogP contribution < -0.4 is 4.90 Å². The zero-order chi connectivity index (χ0) is 12.3. The number of nitrogens with zero attached hydrogens (tertiary/aromatic N) is 1. The molecule has 0 radical (unpaired) electrons. The number of hydrogen-bond donors (Lipinski definition) is 1. The predicted molar refractivity (Wildman–Crippen MR) is 70.1 cm³/mol. The first kappa shape index (κ1) is 13.0. The summed E-state index contributed by atoms with van der Waals surface area (Å²) in [5.41, 5.74) is 3.76. The number of anilines is 1. The highest BCUT2D eigenvalue weighted by Gasteiger charge is 2.19. The van der Waals surface area contributed by atoms with Gasteiger partial charge in [0.2, 0.25) is 0 Å². The van der Waals surface area contributed by atoms with E-state index in [1.165, 1.54) is 16.8 Å². The Morgan fingerprint density at radius 3 is 2.38 bits per heavy atom. The van der Waals surface area contributed by atoms with Gasteiger partial charge in [-0.05, 0) is 25.5 Å². The van der Waals surface area contributed by atoms with Crippen molar-refractivity contribution >= 4 is 5.69 Å². The topological polar surface area (TPSA) is 23.5 Å². The third kappa shape index (κ3) is 3.24. The van der Waals surface area contributed by atoms with Crippen molar-refractivity contribution in [3.05, 3.63) is 29.3 Å². The molecule has 0 aromatic heterocycles. The van der Waals surface area contributed by atoms with Crippen molar-refractivity contribution < 1.29 is 5.11 Å². The molecule has 0 heterocycles. The van der Waals surface area contributed by atoms with Gasteiger partial charge < -0.3 is 10.0 Å². The summed E-state index contributed by atoms with van der Waals surface area (Å²) in [4.78, 5) is 2.21. The van der Waals surface area contributed by atoms with E-state index in [1.807, 2.05) is 0 Å². The normalized spacial score (nSPS) is 11.6. The number of rotatable bonds is 4. The third-order valence-corrected chi connectivity index (χ3v) is 2.86. The van der Waals surface area contributed by atoms with Crippen LogP contribution >= 0.6 is 0 Å². The van der Waals surface area contributed by atoms with E-state index in [-0.39, 0.29) is 12.0 Å². The Bertz CT molecular complexity index is 358.